The summed E-state index contributed by atoms with van der Waals surface area (Å²) in [5, 5.41) is 17.6. The van der Waals surface area contributed by atoms with Crippen LogP contribution in [0.5, 0.6) is 0 Å². The zero-order valence-corrected chi connectivity index (χ0v) is 25.6. The fourth-order valence-electron chi connectivity index (χ4n) is 5.35. The Bertz CT molecular complexity index is 1400. The number of benzene rings is 3. The van der Waals surface area contributed by atoms with Gasteiger partial charge in [-0.2, -0.15) is 0 Å². The third kappa shape index (κ3) is 8.78. The van der Waals surface area contributed by atoms with Crippen molar-refractivity contribution in [3.05, 3.63) is 100 Å². The molecule has 2 amide bonds. The molecule has 0 aromatic heterocycles. The minimum absolute atomic E-state index is 0.000787. The summed E-state index contributed by atoms with van der Waals surface area (Å²) in [4.78, 5) is 28.6. The van der Waals surface area contributed by atoms with E-state index in [4.69, 9.17) is 0 Å². The summed E-state index contributed by atoms with van der Waals surface area (Å²) in [5.41, 5.74) is 3.80. The number of para-hydroxylation sites is 1. The molecule has 10 heteroatoms. The number of aliphatic hydroxyl groups is 1. The van der Waals surface area contributed by atoms with Crippen molar-refractivity contribution >= 4 is 29.4 Å². The molecule has 4 rings (SSSR count). The first-order valence-electron chi connectivity index (χ1n) is 14.7. The van der Waals surface area contributed by atoms with Gasteiger partial charge in [0, 0.05) is 54.3 Å². The van der Waals surface area contributed by atoms with Gasteiger partial charge in [-0.05, 0) is 79.3 Å². The highest BCUT2D eigenvalue weighted by Crippen LogP contribution is 2.32. The SMILES string of the molecule is CCCN(CCC)C(=O)c1cc(C)cc(C(=O)N[C@@H](Cc2cc(F)cc(F)c2)[C@H](O)CN[C@H]2CSNc3ccccc32)c1. The smallest absolute Gasteiger partial charge is 0.253 e. The van der Waals surface area contributed by atoms with E-state index in [9.17, 15) is 23.5 Å². The first-order valence-corrected chi connectivity index (χ1v) is 15.7. The molecule has 1 aliphatic rings. The first-order chi connectivity index (χ1) is 20.7. The van der Waals surface area contributed by atoms with E-state index in [-0.39, 0.29) is 30.5 Å². The molecule has 230 valence electrons. The molecule has 7 nitrogen and oxygen atoms in total. The molecule has 4 N–H and O–H groups in total. The predicted octanol–water partition coefficient (Wildman–Crippen LogP) is 5.64. The lowest BCUT2D eigenvalue weighted by atomic mass is 9.98. The Morgan fingerprint density at radius 2 is 1.70 bits per heavy atom. The van der Waals surface area contributed by atoms with Crippen LogP contribution in [-0.2, 0) is 6.42 Å². The Morgan fingerprint density at radius 3 is 2.40 bits per heavy atom. The molecule has 0 spiro atoms. The Hall–Kier alpha value is -3.47. The first kappa shape index (κ1) is 32.4. The van der Waals surface area contributed by atoms with Gasteiger partial charge in [-0.3, -0.25) is 9.59 Å². The zero-order chi connectivity index (χ0) is 30.9. The summed E-state index contributed by atoms with van der Waals surface area (Å²) in [6.45, 7) is 7.21. The fourth-order valence-corrected chi connectivity index (χ4v) is 6.24. The van der Waals surface area contributed by atoms with E-state index in [0.717, 1.165) is 41.5 Å². The van der Waals surface area contributed by atoms with Crippen LogP contribution in [0, 0.1) is 18.6 Å². The molecule has 0 saturated heterocycles. The number of halogens is 2. The number of anilines is 1. The van der Waals surface area contributed by atoms with E-state index >= 15 is 0 Å². The summed E-state index contributed by atoms with van der Waals surface area (Å²) < 4.78 is 31.4. The van der Waals surface area contributed by atoms with E-state index in [1.165, 1.54) is 12.1 Å². The molecule has 3 aromatic rings. The summed E-state index contributed by atoms with van der Waals surface area (Å²) in [6, 6.07) is 15.2. The van der Waals surface area contributed by atoms with Crippen LogP contribution in [0.2, 0.25) is 0 Å². The van der Waals surface area contributed by atoms with Gasteiger partial charge in [0.1, 0.15) is 11.6 Å². The molecule has 3 aromatic carbocycles. The molecule has 0 saturated carbocycles. The molecule has 3 atom stereocenters. The maximum absolute atomic E-state index is 14.0. The number of hydrogen-bond donors (Lipinski definition) is 4. The van der Waals surface area contributed by atoms with Gasteiger partial charge >= 0.3 is 0 Å². The Balaban J connectivity index is 1.55. The summed E-state index contributed by atoms with van der Waals surface area (Å²) >= 11 is 1.55. The van der Waals surface area contributed by atoms with Crippen molar-refractivity contribution in [3.63, 3.8) is 0 Å². The van der Waals surface area contributed by atoms with E-state index in [0.29, 0.717) is 24.2 Å². The van der Waals surface area contributed by atoms with E-state index in [1.807, 2.05) is 45.0 Å². The van der Waals surface area contributed by atoms with E-state index < -0.39 is 29.7 Å². The summed E-state index contributed by atoms with van der Waals surface area (Å²) in [5.74, 6) is -1.37. The zero-order valence-electron chi connectivity index (χ0n) is 24.8. The molecule has 43 heavy (non-hydrogen) atoms. The van der Waals surface area contributed by atoms with Crippen LogP contribution in [0.1, 0.15) is 70.1 Å². The van der Waals surface area contributed by atoms with Gasteiger partial charge in [-0.1, -0.05) is 44.0 Å². The second-order valence-electron chi connectivity index (χ2n) is 11.0. The van der Waals surface area contributed by atoms with Crippen LogP contribution in [0.3, 0.4) is 0 Å². The second kappa shape index (κ2) is 15.3. The quantitative estimate of drug-likeness (QED) is 0.187. The molecule has 1 aliphatic heterocycles. The third-order valence-electron chi connectivity index (χ3n) is 7.36. The molecule has 0 radical (unpaired) electrons. The topological polar surface area (TPSA) is 93.7 Å². The van der Waals surface area contributed by atoms with Gasteiger partial charge in [0.15, 0.2) is 0 Å². The number of hydrogen-bond acceptors (Lipinski definition) is 6. The highest BCUT2D eigenvalue weighted by atomic mass is 32.2. The van der Waals surface area contributed by atoms with Crippen LogP contribution in [0.15, 0.2) is 60.7 Å². The van der Waals surface area contributed by atoms with Crippen LogP contribution in [-0.4, -0.2) is 59.4 Å². The highest BCUT2D eigenvalue weighted by molar-refractivity contribution is 8.00. The lowest BCUT2D eigenvalue weighted by Gasteiger charge is -2.30. The number of fused-ring (bicyclic) bond motifs is 1. The molecule has 0 bridgehead atoms. The van der Waals surface area contributed by atoms with Crippen molar-refractivity contribution < 1.29 is 23.5 Å². The fraction of sp³-hybridized carbons (Fsp3) is 0.394. The van der Waals surface area contributed by atoms with Gasteiger partial charge in [0.05, 0.1) is 12.1 Å². The highest BCUT2D eigenvalue weighted by Gasteiger charge is 2.27. The molecular formula is C33H40F2N4O3S. The van der Waals surface area contributed by atoms with Crippen molar-refractivity contribution in [2.75, 3.05) is 30.1 Å². The standard InChI is InChI=1S/C33H40F2N4O3S/c1-4-10-39(11-5-2)33(42)24-13-21(3)12-23(17-24)32(41)37-29(16-22-14-25(34)18-26(35)15-22)31(40)19-36-30-20-43-38-28-9-7-6-8-27(28)30/h6-9,12-15,17-18,29-31,36,38,40H,4-5,10-11,16,19-20H2,1-3H3,(H,37,41)/t29-,30-,31+/m0/s1. The molecule has 1 heterocycles. The molecular weight excluding hydrogens is 570 g/mol. The van der Waals surface area contributed by atoms with Crippen molar-refractivity contribution in [2.24, 2.45) is 0 Å². The molecule has 0 unspecified atom stereocenters. The third-order valence-corrected chi connectivity index (χ3v) is 8.23. The second-order valence-corrected chi connectivity index (χ2v) is 11.8. The lowest BCUT2D eigenvalue weighted by Crippen LogP contribution is -2.49. The maximum atomic E-state index is 14.0. The summed E-state index contributed by atoms with van der Waals surface area (Å²) in [7, 11) is 0. The number of aryl methyl sites for hydroxylation is 1. The van der Waals surface area contributed by atoms with Gasteiger partial charge in [0.25, 0.3) is 11.8 Å². The predicted molar refractivity (Wildman–Crippen MR) is 168 cm³/mol. The normalized spacial score (nSPS) is 15.6. The van der Waals surface area contributed by atoms with Crippen molar-refractivity contribution in [1.82, 2.24) is 15.5 Å². The van der Waals surface area contributed by atoms with E-state index in [2.05, 4.69) is 15.4 Å². The number of carbonyl (C=O) groups is 2. The van der Waals surface area contributed by atoms with Gasteiger partial charge in [-0.15, -0.1) is 0 Å². The van der Waals surface area contributed by atoms with Crippen LogP contribution < -0.4 is 15.4 Å². The Morgan fingerprint density at radius 1 is 1.02 bits per heavy atom. The number of nitrogens with zero attached hydrogens (tertiary/aromatic N) is 1. The molecule has 0 aliphatic carbocycles. The number of rotatable bonds is 13. The molecule has 0 fully saturated rings. The minimum atomic E-state index is -1.09. The monoisotopic (exact) mass is 610 g/mol. The Labute approximate surface area is 256 Å². The van der Waals surface area contributed by atoms with Crippen molar-refractivity contribution in [3.8, 4) is 0 Å². The van der Waals surface area contributed by atoms with Gasteiger partial charge in [-0.25, -0.2) is 8.78 Å². The summed E-state index contributed by atoms with van der Waals surface area (Å²) in [6.07, 6.45) is 0.554. The number of carbonyl (C=O) groups excluding carboxylic acids is 2. The number of nitrogens with one attached hydrogen (secondary N) is 3. The van der Waals surface area contributed by atoms with Gasteiger partial charge < -0.3 is 25.4 Å². The van der Waals surface area contributed by atoms with Crippen LogP contribution in [0.25, 0.3) is 0 Å². The van der Waals surface area contributed by atoms with Gasteiger partial charge in [0.2, 0.25) is 0 Å². The number of amides is 2. The minimum Gasteiger partial charge on any atom is -0.390 e. The average molecular weight is 611 g/mol. The lowest BCUT2D eigenvalue weighted by molar-refractivity contribution is 0.0755. The van der Waals surface area contributed by atoms with Crippen molar-refractivity contribution in [1.29, 1.82) is 0 Å². The van der Waals surface area contributed by atoms with E-state index in [1.54, 1.807) is 35.0 Å². The average Bonchev–Trinajstić information content (AvgIpc) is 2.98. The largest absolute Gasteiger partial charge is 0.390 e. The maximum Gasteiger partial charge on any atom is 0.253 e. The van der Waals surface area contributed by atoms with Crippen molar-refractivity contribution in [2.45, 2.75) is 58.2 Å². The number of aliphatic hydroxyl groups excluding tert-OH is 1. The van der Waals surface area contributed by atoms with Crippen LogP contribution >= 0.6 is 11.9 Å². The Kier molecular flexibility index (Phi) is 11.6. The van der Waals surface area contributed by atoms with Crippen LogP contribution in [0.4, 0.5) is 14.5 Å².